The van der Waals surface area contributed by atoms with Gasteiger partial charge in [0.15, 0.2) is 0 Å². The van der Waals surface area contributed by atoms with Gasteiger partial charge < -0.3 is 10.3 Å². The molecule has 1 heterocycles. The number of aromatic nitrogens is 1. The number of hydrogen-bond acceptors (Lipinski definition) is 2. The number of rotatable bonds is 1. The molecule has 0 bridgehead atoms. The van der Waals surface area contributed by atoms with Crippen LogP contribution in [-0.2, 0) is 0 Å². The number of anilines is 1. The molecule has 3 nitrogen and oxygen atoms in total. The molecule has 0 spiro atoms. The minimum Gasteiger partial charge on any atom is -0.394 e. The number of nitrogens with zero attached hydrogens (tertiary/aromatic N) is 1. The summed E-state index contributed by atoms with van der Waals surface area (Å²) < 4.78 is 2.24. The van der Waals surface area contributed by atoms with Gasteiger partial charge in [0.25, 0.3) is 0 Å². The van der Waals surface area contributed by atoms with Crippen LogP contribution < -0.4 is 11.2 Å². The lowest BCUT2D eigenvalue weighted by atomic mass is 10.1. The molecule has 82 valence electrons. The van der Waals surface area contributed by atoms with Gasteiger partial charge in [-0.05, 0) is 26.7 Å². The van der Waals surface area contributed by atoms with E-state index >= 15 is 0 Å². The van der Waals surface area contributed by atoms with Gasteiger partial charge >= 0.3 is 0 Å². The van der Waals surface area contributed by atoms with Gasteiger partial charge in [-0.3, -0.25) is 4.79 Å². The van der Waals surface area contributed by atoms with Crippen LogP contribution in [0.25, 0.3) is 0 Å². The second kappa shape index (κ2) is 3.72. The first-order valence-electron chi connectivity index (χ1n) is 5.59. The highest BCUT2D eigenvalue weighted by Crippen LogP contribution is 2.31. The zero-order valence-electron chi connectivity index (χ0n) is 9.42. The van der Waals surface area contributed by atoms with Crippen molar-refractivity contribution in [3.8, 4) is 0 Å². The molecule has 2 N–H and O–H groups in total. The van der Waals surface area contributed by atoms with Gasteiger partial charge in [-0.2, -0.15) is 0 Å². The molecular formula is C12H18N2O. The Morgan fingerprint density at radius 3 is 2.53 bits per heavy atom. The van der Waals surface area contributed by atoms with Gasteiger partial charge in [-0.1, -0.05) is 12.8 Å². The van der Waals surface area contributed by atoms with Crippen LogP contribution >= 0.6 is 0 Å². The minimum atomic E-state index is -0.0424. The number of nitrogen functional groups attached to an aromatic ring is 1. The van der Waals surface area contributed by atoms with Crippen molar-refractivity contribution in [2.45, 2.75) is 45.6 Å². The first-order chi connectivity index (χ1) is 7.11. The van der Waals surface area contributed by atoms with E-state index in [0.717, 1.165) is 11.4 Å². The highest BCUT2D eigenvalue weighted by molar-refractivity contribution is 5.43. The van der Waals surface area contributed by atoms with Gasteiger partial charge in [-0.25, -0.2) is 0 Å². The molecule has 15 heavy (non-hydrogen) atoms. The summed E-state index contributed by atoms with van der Waals surface area (Å²) in [5, 5.41) is 0. The van der Waals surface area contributed by atoms with Crippen molar-refractivity contribution in [2.75, 3.05) is 5.73 Å². The zero-order chi connectivity index (χ0) is 11.0. The molecule has 3 heteroatoms. The van der Waals surface area contributed by atoms with E-state index in [-0.39, 0.29) is 5.43 Å². The Balaban J connectivity index is 2.55. The number of pyridine rings is 1. The molecule has 1 aromatic heterocycles. The SMILES string of the molecule is Cc1cc(=O)c(N)c(C)n1C1CCCC1. The Labute approximate surface area is 89.9 Å². The van der Waals surface area contributed by atoms with E-state index in [1.165, 1.54) is 25.7 Å². The quantitative estimate of drug-likeness (QED) is 0.765. The third kappa shape index (κ3) is 1.66. The standard InChI is InChI=1S/C12H18N2O/c1-8-7-11(15)12(13)9(2)14(8)10-5-3-4-6-10/h7,10H,3-6,13H2,1-2H3. The van der Waals surface area contributed by atoms with E-state index in [0.29, 0.717) is 11.7 Å². The van der Waals surface area contributed by atoms with Crippen molar-refractivity contribution in [2.24, 2.45) is 0 Å². The number of aryl methyl sites for hydroxylation is 1. The van der Waals surface area contributed by atoms with Crippen molar-refractivity contribution < 1.29 is 0 Å². The average molecular weight is 206 g/mol. The Morgan fingerprint density at radius 1 is 1.33 bits per heavy atom. The van der Waals surface area contributed by atoms with Crippen molar-refractivity contribution in [1.29, 1.82) is 0 Å². The third-order valence-electron chi connectivity index (χ3n) is 3.43. The molecule has 0 aliphatic heterocycles. The van der Waals surface area contributed by atoms with Gasteiger partial charge in [0.1, 0.15) is 0 Å². The fourth-order valence-electron chi connectivity index (χ4n) is 2.63. The molecule has 1 saturated carbocycles. The van der Waals surface area contributed by atoms with Crippen LogP contribution in [0.5, 0.6) is 0 Å². The molecule has 0 atom stereocenters. The normalized spacial score (nSPS) is 17.2. The summed E-state index contributed by atoms with van der Waals surface area (Å²) in [4.78, 5) is 11.5. The first kappa shape index (κ1) is 10.3. The molecule has 1 aliphatic carbocycles. The monoisotopic (exact) mass is 206 g/mol. The fraction of sp³-hybridized carbons (Fsp3) is 0.583. The summed E-state index contributed by atoms with van der Waals surface area (Å²) >= 11 is 0. The van der Waals surface area contributed by atoms with Crippen LogP contribution in [-0.4, -0.2) is 4.57 Å². The summed E-state index contributed by atoms with van der Waals surface area (Å²) in [7, 11) is 0. The zero-order valence-corrected chi connectivity index (χ0v) is 9.42. The van der Waals surface area contributed by atoms with Crippen molar-refractivity contribution in [3.63, 3.8) is 0 Å². The molecule has 0 radical (unpaired) electrons. The maximum absolute atomic E-state index is 11.5. The molecule has 2 rings (SSSR count). The predicted octanol–water partition coefficient (Wildman–Crippen LogP) is 2.16. The largest absolute Gasteiger partial charge is 0.394 e. The van der Waals surface area contributed by atoms with Crippen LogP contribution in [0.4, 0.5) is 5.69 Å². The van der Waals surface area contributed by atoms with Gasteiger partial charge in [-0.15, -0.1) is 0 Å². The van der Waals surface area contributed by atoms with Crippen molar-refractivity contribution in [1.82, 2.24) is 4.57 Å². The number of hydrogen-bond donors (Lipinski definition) is 1. The van der Waals surface area contributed by atoms with Gasteiger partial charge in [0.05, 0.1) is 5.69 Å². The second-order valence-electron chi connectivity index (χ2n) is 4.46. The summed E-state index contributed by atoms with van der Waals surface area (Å²) in [5.74, 6) is 0. The minimum absolute atomic E-state index is 0.0424. The lowest BCUT2D eigenvalue weighted by Crippen LogP contribution is -2.20. The van der Waals surface area contributed by atoms with Crippen molar-refractivity contribution in [3.05, 3.63) is 27.7 Å². The molecule has 1 aliphatic rings. The summed E-state index contributed by atoms with van der Waals surface area (Å²) in [6.45, 7) is 3.94. The third-order valence-corrected chi connectivity index (χ3v) is 3.43. The fourth-order valence-corrected chi connectivity index (χ4v) is 2.63. The number of nitrogens with two attached hydrogens (primary N) is 1. The highest BCUT2D eigenvalue weighted by atomic mass is 16.1. The summed E-state index contributed by atoms with van der Waals surface area (Å²) in [5.41, 5.74) is 8.13. The Bertz CT molecular complexity index is 428. The molecule has 0 aromatic carbocycles. The van der Waals surface area contributed by atoms with Crippen LogP contribution in [0.15, 0.2) is 10.9 Å². The second-order valence-corrected chi connectivity index (χ2v) is 4.46. The molecular weight excluding hydrogens is 188 g/mol. The maximum Gasteiger partial charge on any atom is 0.204 e. The topological polar surface area (TPSA) is 48.0 Å². The van der Waals surface area contributed by atoms with Crippen LogP contribution in [0.3, 0.4) is 0 Å². The molecule has 1 fully saturated rings. The summed E-state index contributed by atoms with van der Waals surface area (Å²) in [6, 6.07) is 2.20. The van der Waals surface area contributed by atoms with Crippen LogP contribution in [0.2, 0.25) is 0 Å². The lowest BCUT2D eigenvalue weighted by molar-refractivity contribution is 0.494. The average Bonchev–Trinajstić information content (AvgIpc) is 2.68. The van der Waals surface area contributed by atoms with Crippen molar-refractivity contribution >= 4 is 5.69 Å². The van der Waals surface area contributed by atoms with E-state index in [1.807, 2.05) is 13.8 Å². The van der Waals surface area contributed by atoms with Gasteiger partial charge in [0.2, 0.25) is 5.43 Å². The van der Waals surface area contributed by atoms with E-state index in [9.17, 15) is 4.79 Å². The molecule has 1 aromatic rings. The van der Waals surface area contributed by atoms with E-state index in [2.05, 4.69) is 4.57 Å². The maximum atomic E-state index is 11.5. The Morgan fingerprint density at radius 2 is 1.93 bits per heavy atom. The molecule has 0 unspecified atom stereocenters. The van der Waals surface area contributed by atoms with Gasteiger partial charge in [0, 0.05) is 23.5 Å². The molecule has 0 amide bonds. The van der Waals surface area contributed by atoms with E-state index in [4.69, 9.17) is 5.73 Å². The Kier molecular flexibility index (Phi) is 2.55. The highest BCUT2D eigenvalue weighted by Gasteiger charge is 2.20. The molecule has 0 saturated heterocycles. The lowest BCUT2D eigenvalue weighted by Gasteiger charge is -2.22. The summed E-state index contributed by atoms with van der Waals surface area (Å²) in [6.07, 6.45) is 5.00. The Hall–Kier alpha value is -1.25. The van der Waals surface area contributed by atoms with Crippen LogP contribution in [0, 0.1) is 13.8 Å². The smallest absolute Gasteiger partial charge is 0.204 e. The van der Waals surface area contributed by atoms with E-state index < -0.39 is 0 Å². The first-order valence-corrected chi connectivity index (χ1v) is 5.59. The van der Waals surface area contributed by atoms with E-state index in [1.54, 1.807) is 6.07 Å². The van der Waals surface area contributed by atoms with Crippen LogP contribution in [0.1, 0.15) is 43.1 Å². The predicted molar refractivity (Wildman–Crippen MR) is 62.1 cm³/mol.